The third-order valence-corrected chi connectivity index (χ3v) is 8.47. The van der Waals surface area contributed by atoms with Crippen molar-refractivity contribution in [3.8, 4) is 17.3 Å². The number of ether oxygens (including phenoxy) is 2. The van der Waals surface area contributed by atoms with E-state index in [0.29, 0.717) is 19.5 Å². The van der Waals surface area contributed by atoms with Crippen LogP contribution in [0.15, 0.2) is 18.3 Å². The molecule has 3 saturated heterocycles. The summed E-state index contributed by atoms with van der Waals surface area (Å²) < 4.78 is 84.1. The molecule has 226 valence electrons. The molecule has 3 fully saturated rings. The summed E-state index contributed by atoms with van der Waals surface area (Å²) in [5.41, 5.74) is 2.24. The van der Waals surface area contributed by atoms with Gasteiger partial charge in [0.1, 0.15) is 29.8 Å². The van der Waals surface area contributed by atoms with Gasteiger partial charge in [-0.2, -0.15) is 23.1 Å². The van der Waals surface area contributed by atoms with Gasteiger partial charge in [0.2, 0.25) is 0 Å². The van der Waals surface area contributed by atoms with Crippen molar-refractivity contribution >= 4 is 34.0 Å². The summed E-state index contributed by atoms with van der Waals surface area (Å²) in [6.45, 7) is 1.61. The van der Waals surface area contributed by atoms with Gasteiger partial charge in [-0.05, 0) is 31.5 Å². The molecule has 3 N–H and O–H groups in total. The van der Waals surface area contributed by atoms with Crippen molar-refractivity contribution in [3.05, 3.63) is 34.7 Å². The second-order valence-corrected chi connectivity index (χ2v) is 11.3. The fourth-order valence-electron chi connectivity index (χ4n) is 6.29. The Hall–Kier alpha value is -3.07. The predicted octanol–water partition coefficient (Wildman–Crippen LogP) is 4.24. The van der Waals surface area contributed by atoms with Crippen LogP contribution in [0.1, 0.15) is 24.8 Å². The molecule has 15 heteroatoms. The minimum Gasteiger partial charge on any atom is -0.461 e. The zero-order valence-corrected chi connectivity index (χ0v) is 23.1. The Morgan fingerprint density at radius 3 is 2.79 bits per heavy atom. The highest BCUT2D eigenvalue weighted by Gasteiger charge is 2.49. The number of aliphatic hydroxyl groups excluding tert-OH is 1. The normalized spacial score (nSPS) is 24.9. The van der Waals surface area contributed by atoms with Crippen molar-refractivity contribution in [1.82, 2.24) is 19.9 Å². The highest BCUT2D eigenvalue weighted by Crippen LogP contribution is 2.44. The molecule has 42 heavy (non-hydrogen) atoms. The van der Waals surface area contributed by atoms with E-state index in [0.717, 1.165) is 25.1 Å². The van der Waals surface area contributed by atoms with Gasteiger partial charge in [-0.15, -0.1) is 0 Å². The van der Waals surface area contributed by atoms with Crippen LogP contribution in [-0.4, -0.2) is 88.8 Å². The van der Waals surface area contributed by atoms with Gasteiger partial charge in [-0.3, -0.25) is 9.88 Å². The predicted molar refractivity (Wildman–Crippen MR) is 145 cm³/mol. The first-order valence-corrected chi connectivity index (χ1v) is 13.9. The maximum Gasteiger partial charge on any atom is 0.418 e. The zero-order chi connectivity index (χ0) is 29.8. The Balaban J connectivity index is 1.47. The van der Waals surface area contributed by atoms with Gasteiger partial charge in [0, 0.05) is 43.5 Å². The summed E-state index contributed by atoms with van der Waals surface area (Å²) in [7, 11) is 0. The van der Waals surface area contributed by atoms with Gasteiger partial charge in [0.25, 0.3) is 0 Å². The molecule has 0 amide bonds. The molecular weight excluding hydrogens is 587 g/mol. The number of halogens is 6. The minimum absolute atomic E-state index is 0.0589. The number of rotatable bonds is 6. The molecule has 0 spiro atoms. The monoisotopic (exact) mass is 614 g/mol. The number of benzene rings is 1. The minimum atomic E-state index is -4.93. The van der Waals surface area contributed by atoms with Crippen LogP contribution in [0, 0.1) is 5.82 Å². The lowest BCUT2D eigenvalue weighted by Gasteiger charge is -2.34. The first-order valence-electron chi connectivity index (χ1n) is 13.5. The van der Waals surface area contributed by atoms with Crippen molar-refractivity contribution in [3.63, 3.8) is 0 Å². The smallest absolute Gasteiger partial charge is 0.418 e. The summed E-state index contributed by atoms with van der Waals surface area (Å²) in [6.07, 6.45) is -3.39. The lowest BCUT2D eigenvalue weighted by atomic mass is 9.95. The number of hydrogen-bond acceptors (Lipinski definition) is 9. The number of anilines is 2. The molecule has 3 aliphatic rings. The second kappa shape index (κ2) is 10.9. The maximum absolute atomic E-state index is 16.3. The maximum atomic E-state index is 16.3. The van der Waals surface area contributed by atoms with E-state index in [1.807, 2.05) is 4.90 Å². The lowest BCUT2D eigenvalue weighted by Crippen LogP contribution is -2.45. The number of nitrogen functional groups attached to an aromatic ring is 1. The van der Waals surface area contributed by atoms with E-state index < -0.39 is 51.7 Å². The highest BCUT2D eigenvalue weighted by atomic mass is 35.5. The highest BCUT2D eigenvalue weighted by molar-refractivity contribution is 6.32. The van der Waals surface area contributed by atoms with Gasteiger partial charge in [-0.1, -0.05) is 11.6 Å². The Morgan fingerprint density at radius 2 is 2.02 bits per heavy atom. The SMILES string of the molecule is Nc1cc(Cl)c(C(F)(F)F)c(-c2ncc3c(N4CCO[C@H](CO)C4)nc(OC[C@@]45CCCN4C[C@H](F)C5)nc3c2F)c1. The van der Waals surface area contributed by atoms with Crippen LogP contribution in [0.4, 0.5) is 33.5 Å². The fourth-order valence-corrected chi connectivity index (χ4v) is 6.62. The van der Waals surface area contributed by atoms with Crippen LogP contribution in [-0.2, 0) is 10.9 Å². The van der Waals surface area contributed by atoms with Crippen molar-refractivity contribution in [2.75, 3.05) is 56.6 Å². The van der Waals surface area contributed by atoms with Crippen molar-refractivity contribution in [2.24, 2.45) is 0 Å². The van der Waals surface area contributed by atoms with E-state index in [-0.39, 0.29) is 61.2 Å². The van der Waals surface area contributed by atoms with E-state index in [1.165, 1.54) is 6.20 Å². The average Bonchev–Trinajstić information content (AvgIpc) is 3.46. The van der Waals surface area contributed by atoms with Gasteiger partial charge >= 0.3 is 12.2 Å². The van der Waals surface area contributed by atoms with Crippen LogP contribution in [0.5, 0.6) is 6.01 Å². The molecule has 5 heterocycles. The van der Waals surface area contributed by atoms with Gasteiger partial charge < -0.3 is 25.2 Å². The zero-order valence-electron chi connectivity index (χ0n) is 22.3. The molecule has 3 atom stereocenters. The Labute approximate surface area is 242 Å². The number of aromatic nitrogens is 3. The standard InChI is InChI=1S/C27H28ClF5N6O3/c28-19-7-15(34)6-17(20(19)27(31,32)33)22-21(30)23-18(9-35-22)24(38-4-5-41-16(11-38)12-40)37-25(36-23)42-13-26-2-1-3-39(26)10-14(29)8-26/h6-7,9,14,16,40H,1-5,8,10-13,34H2/t14-,16+,26+/m1/s1. The lowest BCUT2D eigenvalue weighted by molar-refractivity contribution is -0.137. The molecule has 0 aliphatic carbocycles. The van der Waals surface area contributed by atoms with Crippen LogP contribution >= 0.6 is 11.6 Å². The number of alkyl halides is 4. The quantitative estimate of drug-likeness (QED) is 0.311. The fraction of sp³-hybridized carbons (Fsp3) is 0.519. The van der Waals surface area contributed by atoms with Crippen molar-refractivity contribution in [1.29, 1.82) is 0 Å². The molecule has 0 saturated carbocycles. The molecule has 0 bridgehead atoms. The third-order valence-electron chi connectivity index (χ3n) is 8.17. The van der Waals surface area contributed by atoms with Gasteiger partial charge in [0.15, 0.2) is 5.82 Å². The molecule has 1 aromatic carbocycles. The van der Waals surface area contributed by atoms with Crippen LogP contribution in [0.25, 0.3) is 22.2 Å². The van der Waals surface area contributed by atoms with Crippen molar-refractivity contribution in [2.45, 2.75) is 43.3 Å². The molecule has 0 radical (unpaired) electrons. The number of hydrogen-bond donors (Lipinski definition) is 2. The third kappa shape index (κ3) is 5.18. The largest absolute Gasteiger partial charge is 0.461 e. The number of morpholine rings is 1. The number of pyridine rings is 1. The molecule has 2 aromatic heterocycles. The summed E-state index contributed by atoms with van der Waals surface area (Å²) in [5.74, 6) is -0.933. The van der Waals surface area contributed by atoms with Crippen LogP contribution < -0.4 is 15.4 Å². The Bertz CT molecular complexity index is 1510. The first-order chi connectivity index (χ1) is 20.0. The number of nitrogens with zero attached hydrogens (tertiary/aromatic N) is 5. The van der Waals surface area contributed by atoms with Crippen LogP contribution in [0.3, 0.4) is 0 Å². The van der Waals surface area contributed by atoms with E-state index in [4.69, 9.17) is 26.8 Å². The molecule has 3 aromatic rings. The van der Waals surface area contributed by atoms with Gasteiger partial charge in [0.05, 0.1) is 40.8 Å². The molecule has 0 unspecified atom stereocenters. The Kier molecular flexibility index (Phi) is 7.52. The van der Waals surface area contributed by atoms with E-state index in [9.17, 15) is 22.7 Å². The first kappa shape index (κ1) is 29.0. The Morgan fingerprint density at radius 1 is 1.21 bits per heavy atom. The van der Waals surface area contributed by atoms with Crippen molar-refractivity contribution < 1.29 is 36.5 Å². The summed E-state index contributed by atoms with van der Waals surface area (Å²) in [4.78, 5) is 16.6. The molecule has 3 aliphatic heterocycles. The molecular formula is C27H28ClF5N6O3. The topological polar surface area (TPSA) is 110 Å². The molecule has 6 rings (SSSR count). The summed E-state index contributed by atoms with van der Waals surface area (Å²) in [6, 6.07) is 1.68. The van der Waals surface area contributed by atoms with Gasteiger partial charge in [-0.25, -0.2) is 8.78 Å². The number of nitrogens with two attached hydrogens (primary N) is 1. The number of aliphatic hydroxyl groups is 1. The average molecular weight is 615 g/mol. The van der Waals surface area contributed by atoms with E-state index in [1.54, 1.807) is 4.90 Å². The number of fused-ring (bicyclic) bond motifs is 2. The van der Waals surface area contributed by atoms with E-state index in [2.05, 4.69) is 15.0 Å². The van der Waals surface area contributed by atoms with Crippen LogP contribution in [0.2, 0.25) is 5.02 Å². The van der Waals surface area contributed by atoms with E-state index >= 15 is 4.39 Å². The summed E-state index contributed by atoms with van der Waals surface area (Å²) in [5, 5.41) is 9.08. The summed E-state index contributed by atoms with van der Waals surface area (Å²) >= 11 is 5.91. The second-order valence-electron chi connectivity index (χ2n) is 10.9. The molecule has 9 nitrogen and oxygen atoms in total.